The third kappa shape index (κ3) is 4.66. The summed E-state index contributed by atoms with van der Waals surface area (Å²) >= 11 is 12.1. The van der Waals surface area contributed by atoms with Crippen molar-refractivity contribution in [1.29, 1.82) is 0 Å². The largest absolute Gasteiger partial charge is 0.340 e. The zero-order chi connectivity index (χ0) is 21.1. The number of carbonyl (C=O) groups is 1. The number of nitrogens with zero attached hydrogens (tertiary/aromatic N) is 4. The second-order valence-electron chi connectivity index (χ2n) is 7.09. The lowest BCUT2D eigenvalue weighted by atomic mass is 10.2. The molecule has 0 saturated carbocycles. The molecule has 2 heterocycles. The minimum atomic E-state index is -0.0899. The quantitative estimate of drug-likeness (QED) is 0.629. The van der Waals surface area contributed by atoms with Crippen LogP contribution in [0.2, 0.25) is 10.0 Å². The van der Waals surface area contributed by atoms with Crippen LogP contribution in [0.25, 0.3) is 0 Å². The molecular formula is C22H21Cl2N5O. The minimum absolute atomic E-state index is 0.0899. The van der Waals surface area contributed by atoms with E-state index in [1.54, 1.807) is 23.1 Å². The van der Waals surface area contributed by atoms with Gasteiger partial charge in [-0.05, 0) is 37.3 Å². The van der Waals surface area contributed by atoms with E-state index >= 15 is 0 Å². The van der Waals surface area contributed by atoms with Crippen molar-refractivity contribution in [1.82, 2.24) is 14.9 Å². The van der Waals surface area contributed by atoms with Crippen molar-refractivity contribution in [2.75, 3.05) is 36.4 Å². The monoisotopic (exact) mass is 441 g/mol. The predicted molar refractivity (Wildman–Crippen MR) is 121 cm³/mol. The molecule has 0 aliphatic carbocycles. The fraction of sp³-hybridized carbons (Fsp3) is 0.227. The number of aromatic nitrogens is 2. The van der Waals surface area contributed by atoms with Gasteiger partial charge in [0.1, 0.15) is 5.82 Å². The average molecular weight is 442 g/mol. The summed E-state index contributed by atoms with van der Waals surface area (Å²) in [7, 11) is 0. The number of benzene rings is 2. The van der Waals surface area contributed by atoms with Gasteiger partial charge in [0.25, 0.3) is 5.91 Å². The van der Waals surface area contributed by atoms with Gasteiger partial charge in [-0.15, -0.1) is 0 Å². The van der Waals surface area contributed by atoms with E-state index in [4.69, 9.17) is 23.2 Å². The predicted octanol–water partition coefficient (Wildman–Crippen LogP) is 4.80. The molecule has 1 amide bonds. The molecule has 3 aromatic rings. The Morgan fingerprint density at radius 2 is 1.70 bits per heavy atom. The van der Waals surface area contributed by atoms with Gasteiger partial charge in [-0.1, -0.05) is 41.4 Å². The molecule has 1 aromatic heterocycles. The van der Waals surface area contributed by atoms with Crippen molar-refractivity contribution in [2.24, 2.45) is 0 Å². The average Bonchev–Trinajstić information content (AvgIpc) is 2.74. The summed E-state index contributed by atoms with van der Waals surface area (Å²) in [6.07, 6.45) is 0. The number of carbonyl (C=O) groups excluding carboxylic acids is 1. The highest BCUT2D eigenvalue weighted by Crippen LogP contribution is 2.24. The molecule has 0 atom stereocenters. The van der Waals surface area contributed by atoms with Gasteiger partial charge in [0, 0.05) is 48.6 Å². The van der Waals surface area contributed by atoms with E-state index in [0.29, 0.717) is 47.7 Å². The molecule has 0 radical (unpaired) electrons. The molecule has 1 N–H and O–H groups in total. The molecule has 0 bridgehead atoms. The lowest BCUT2D eigenvalue weighted by molar-refractivity contribution is 0.0746. The number of hydrogen-bond donors (Lipinski definition) is 1. The van der Waals surface area contributed by atoms with Gasteiger partial charge in [-0.2, -0.15) is 4.98 Å². The summed E-state index contributed by atoms with van der Waals surface area (Å²) in [6.45, 7) is 4.37. The van der Waals surface area contributed by atoms with Gasteiger partial charge in [-0.25, -0.2) is 4.98 Å². The third-order valence-electron chi connectivity index (χ3n) is 4.90. The van der Waals surface area contributed by atoms with E-state index in [1.807, 2.05) is 43.3 Å². The number of halogens is 2. The van der Waals surface area contributed by atoms with Crippen LogP contribution in [-0.2, 0) is 0 Å². The third-order valence-corrected chi connectivity index (χ3v) is 5.45. The van der Waals surface area contributed by atoms with Crippen molar-refractivity contribution in [3.05, 3.63) is 75.9 Å². The lowest BCUT2D eigenvalue weighted by Gasteiger charge is -2.35. The first-order chi connectivity index (χ1) is 14.5. The van der Waals surface area contributed by atoms with E-state index in [-0.39, 0.29) is 5.91 Å². The summed E-state index contributed by atoms with van der Waals surface area (Å²) in [4.78, 5) is 26.0. The standard InChI is InChI=1S/C22H21Cl2N5O/c1-15-13-20(26-17-5-3-2-4-6-17)27-22(25-15)29-11-9-28(10-12-29)21(30)18-8-7-16(23)14-19(18)24/h2-8,13-14H,9-12H2,1H3,(H,25,26,27). The second kappa shape index (κ2) is 8.90. The van der Waals surface area contributed by atoms with E-state index in [0.717, 1.165) is 17.2 Å². The van der Waals surface area contributed by atoms with E-state index in [2.05, 4.69) is 20.2 Å². The molecule has 1 saturated heterocycles. The Labute approximate surface area is 185 Å². The van der Waals surface area contributed by atoms with Gasteiger partial charge in [0.15, 0.2) is 0 Å². The highest BCUT2D eigenvalue weighted by Gasteiger charge is 2.25. The van der Waals surface area contributed by atoms with Gasteiger partial charge in [0.2, 0.25) is 5.95 Å². The number of hydrogen-bond acceptors (Lipinski definition) is 5. The Bertz CT molecular complexity index is 1050. The van der Waals surface area contributed by atoms with Gasteiger partial charge < -0.3 is 15.1 Å². The smallest absolute Gasteiger partial charge is 0.255 e. The Balaban J connectivity index is 1.44. The number of aryl methyl sites for hydroxylation is 1. The van der Waals surface area contributed by atoms with Crippen LogP contribution < -0.4 is 10.2 Å². The molecule has 0 spiro atoms. The van der Waals surface area contributed by atoms with Gasteiger partial charge in [0.05, 0.1) is 10.6 Å². The van der Waals surface area contributed by atoms with Crippen molar-refractivity contribution < 1.29 is 4.79 Å². The molecule has 1 aliphatic rings. The fourth-order valence-electron chi connectivity index (χ4n) is 3.37. The topological polar surface area (TPSA) is 61.4 Å². The molecule has 2 aromatic carbocycles. The number of nitrogens with one attached hydrogen (secondary N) is 1. The Hall–Kier alpha value is -2.83. The first-order valence-corrected chi connectivity index (χ1v) is 10.4. The Morgan fingerprint density at radius 3 is 2.40 bits per heavy atom. The van der Waals surface area contributed by atoms with Crippen molar-refractivity contribution in [2.45, 2.75) is 6.92 Å². The first-order valence-electron chi connectivity index (χ1n) is 9.66. The number of piperazine rings is 1. The minimum Gasteiger partial charge on any atom is -0.340 e. The maximum atomic E-state index is 12.8. The van der Waals surface area contributed by atoms with Crippen LogP contribution in [0.15, 0.2) is 54.6 Å². The molecule has 154 valence electrons. The van der Waals surface area contributed by atoms with Gasteiger partial charge >= 0.3 is 0 Å². The Kier molecular flexibility index (Phi) is 6.06. The van der Waals surface area contributed by atoms with Crippen LogP contribution in [-0.4, -0.2) is 47.0 Å². The van der Waals surface area contributed by atoms with Crippen LogP contribution in [0.5, 0.6) is 0 Å². The maximum absolute atomic E-state index is 12.8. The number of anilines is 3. The molecule has 6 nitrogen and oxygen atoms in total. The summed E-state index contributed by atoms with van der Waals surface area (Å²) in [5.74, 6) is 1.31. The maximum Gasteiger partial charge on any atom is 0.255 e. The van der Waals surface area contributed by atoms with Crippen LogP contribution in [0.3, 0.4) is 0 Å². The van der Waals surface area contributed by atoms with Crippen molar-refractivity contribution >= 4 is 46.6 Å². The zero-order valence-corrected chi connectivity index (χ0v) is 18.0. The van der Waals surface area contributed by atoms with Crippen molar-refractivity contribution in [3.8, 4) is 0 Å². The van der Waals surface area contributed by atoms with Crippen LogP contribution in [0.1, 0.15) is 16.1 Å². The van der Waals surface area contributed by atoms with Crippen LogP contribution in [0, 0.1) is 6.92 Å². The lowest BCUT2D eigenvalue weighted by Crippen LogP contribution is -2.49. The summed E-state index contributed by atoms with van der Waals surface area (Å²) in [5, 5.41) is 4.20. The summed E-state index contributed by atoms with van der Waals surface area (Å²) in [6, 6.07) is 16.8. The van der Waals surface area contributed by atoms with E-state index < -0.39 is 0 Å². The molecule has 8 heteroatoms. The van der Waals surface area contributed by atoms with E-state index in [1.165, 1.54) is 0 Å². The summed E-state index contributed by atoms with van der Waals surface area (Å²) < 4.78 is 0. The number of amides is 1. The highest BCUT2D eigenvalue weighted by atomic mass is 35.5. The fourth-order valence-corrected chi connectivity index (χ4v) is 3.86. The van der Waals surface area contributed by atoms with Gasteiger partial charge in [-0.3, -0.25) is 4.79 Å². The molecule has 1 fully saturated rings. The molecule has 30 heavy (non-hydrogen) atoms. The highest BCUT2D eigenvalue weighted by molar-refractivity contribution is 6.36. The first kappa shape index (κ1) is 20.4. The molecule has 0 unspecified atom stereocenters. The Morgan fingerprint density at radius 1 is 0.967 bits per heavy atom. The molecular weight excluding hydrogens is 421 g/mol. The van der Waals surface area contributed by atoms with Crippen LogP contribution in [0.4, 0.5) is 17.5 Å². The number of para-hydroxylation sites is 1. The SMILES string of the molecule is Cc1cc(Nc2ccccc2)nc(N2CCN(C(=O)c3ccc(Cl)cc3Cl)CC2)n1. The van der Waals surface area contributed by atoms with Crippen LogP contribution >= 0.6 is 23.2 Å². The molecule has 1 aliphatic heterocycles. The van der Waals surface area contributed by atoms with Crippen molar-refractivity contribution in [3.63, 3.8) is 0 Å². The second-order valence-corrected chi connectivity index (χ2v) is 7.93. The molecule has 4 rings (SSSR count). The number of rotatable bonds is 4. The zero-order valence-electron chi connectivity index (χ0n) is 16.5. The summed E-state index contributed by atoms with van der Waals surface area (Å²) in [5.41, 5.74) is 2.32. The van der Waals surface area contributed by atoms with E-state index in [9.17, 15) is 4.79 Å². The normalized spacial score (nSPS) is 14.0.